The predicted molar refractivity (Wildman–Crippen MR) is 107 cm³/mol. The van der Waals surface area contributed by atoms with Crippen molar-refractivity contribution in [1.82, 2.24) is 5.06 Å². The summed E-state index contributed by atoms with van der Waals surface area (Å²) in [5.41, 5.74) is 0.816. The van der Waals surface area contributed by atoms with Crippen LogP contribution in [0.5, 0.6) is 11.5 Å². The Morgan fingerprint density at radius 3 is 1.93 bits per heavy atom. The summed E-state index contributed by atoms with van der Waals surface area (Å²) in [5.74, 6) is 0.511. The van der Waals surface area contributed by atoms with Gasteiger partial charge in [0.25, 0.3) is 11.8 Å². The highest BCUT2D eigenvalue weighted by Gasteiger charge is 2.36. The molecule has 2 amide bonds. The Bertz CT molecular complexity index is 833. The molecule has 0 fully saturated rings. The van der Waals surface area contributed by atoms with E-state index in [0.29, 0.717) is 45.9 Å². The summed E-state index contributed by atoms with van der Waals surface area (Å²) in [7, 11) is 3.10. The number of imide groups is 1. The Morgan fingerprint density at radius 1 is 0.893 bits per heavy atom. The largest absolute Gasteiger partial charge is 0.496 e. The quantitative estimate of drug-likeness (QED) is 0.590. The van der Waals surface area contributed by atoms with E-state index in [2.05, 4.69) is 13.8 Å². The summed E-state index contributed by atoms with van der Waals surface area (Å²) in [6.07, 6.45) is 4.17. The van der Waals surface area contributed by atoms with Crippen LogP contribution in [0, 0.1) is 5.92 Å². The first-order valence-electron chi connectivity index (χ1n) is 9.76. The molecule has 1 unspecified atom stereocenters. The highest BCUT2D eigenvalue weighted by atomic mass is 16.7. The lowest BCUT2D eigenvalue weighted by molar-refractivity contribution is -0.107. The van der Waals surface area contributed by atoms with Crippen LogP contribution in [-0.4, -0.2) is 37.7 Å². The van der Waals surface area contributed by atoms with Gasteiger partial charge < -0.3 is 9.47 Å². The van der Waals surface area contributed by atoms with Gasteiger partial charge in [-0.25, -0.2) is 0 Å². The average molecular weight is 385 g/mol. The van der Waals surface area contributed by atoms with Crippen molar-refractivity contribution >= 4 is 22.6 Å². The zero-order chi connectivity index (χ0) is 20.3. The highest BCUT2D eigenvalue weighted by Crippen LogP contribution is 2.41. The molecule has 1 atom stereocenters. The molecule has 1 aliphatic heterocycles. The molecule has 0 saturated carbocycles. The maximum Gasteiger partial charge on any atom is 0.285 e. The number of nitrogens with zero attached hydrogens (tertiary/aromatic N) is 1. The molecule has 2 aromatic carbocycles. The first kappa shape index (κ1) is 20.1. The van der Waals surface area contributed by atoms with Crippen LogP contribution in [0.1, 0.15) is 60.2 Å². The fourth-order valence-corrected chi connectivity index (χ4v) is 3.64. The molecule has 3 rings (SSSR count). The van der Waals surface area contributed by atoms with Gasteiger partial charge in [-0.1, -0.05) is 33.1 Å². The van der Waals surface area contributed by atoms with Crippen LogP contribution in [0.4, 0.5) is 0 Å². The maximum atomic E-state index is 13.0. The van der Waals surface area contributed by atoms with Gasteiger partial charge in [0.15, 0.2) is 0 Å². The van der Waals surface area contributed by atoms with Crippen LogP contribution in [0.15, 0.2) is 24.3 Å². The molecule has 0 N–H and O–H groups in total. The van der Waals surface area contributed by atoms with Crippen LogP contribution >= 0.6 is 0 Å². The lowest BCUT2D eigenvalue weighted by atomic mass is 9.93. The molecule has 6 heteroatoms. The summed E-state index contributed by atoms with van der Waals surface area (Å²) < 4.78 is 10.9. The third-order valence-electron chi connectivity index (χ3n) is 5.34. The fourth-order valence-electron chi connectivity index (χ4n) is 3.64. The van der Waals surface area contributed by atoms with Crippen molar-refractivity contribution in [3.8, 4) is 11.5 Å². The van der Waals surface area contributed by atoms with Gasteiger partial charge in [0.05, 0.1) is 37.3 Å². The van der Waals surface area contributed by atoms with Gasteiger partial charge in [0.1, 0.15) is 11.5 Å². The van der Waals surface area contributed by atoms with Crippen molar-refractivity contribution in [2.75, 3.05) is 20.8 Å². The SMILES string of the molecule is CCCCC(CC)CON1C(=O)c2ccc(OC)c3c(OC)ccc(c23)C1=O. The smallest absolute Gasteiger partial charge is 0.285 e. The number of hydroxylamine groups is 2. The monoisotopic (exact) mass is 385 g/mol. The number of carbonyl (C=O) groups excluding carboxylic acids is 2. The van der Waals surface area contributed by atoms with Crippen LogP contribution in [0.25, 0.3) is 10.8 Å². The molecule has 28 heavy (non-hydrogen) atoms. The van der Waals surface area contributed by atoms with E-state index < -0.39 is 11.8 Å². The zero-order valence-corrected chi connectivity index (χ0v) is 16.9. The summed E-state index contributed by atoms with van der Waals surface area (Å²) in [6.45, 7) is 4.59. The number of carbonyl (C=O) groups is 2. The lowest BCUT2D eigenvalue weighted by Gasteiger charge is -2.28. The summed E-state index contributed by atoms with van der Waals surface area (Å²) in [4.78, 5) is 31.8. The number of amides is 2. The van der Waals surface area contributed by atoms with E-state index in [1.54, 1.807) is 38.5 Å². The molecule has 0 aromatic heterocycles. The second-order valence-electron chi connectivity index (χ2n) is 7.00. The molecule has 2 aromatic rings. The third kappa shape index (κ3) is 3.44. The Kier molecular flexibility index (Phi) is 6.19. The van der Waals surface area contributed by atoms with Crippen molar-refractivity contribution < 1.29 is 23.9 Å². The molecule has 0 spiro atoms. The summed E-state index contributed by atoms with van der Waals surface area (Å²) >= 11 is 0. The molecule has 1 aliphatic rings. The Labute approximate surface area is 165 Å². The second-order valence-corrected chi connectivity index (χ2v) is 7.00. The number of unbranched alkanes of at least 4 members (excludes halogenated alkanes) is 1. The number of hydrogen-bond acceptors (Lipinski definition) is 5. The minimum absolute atomic E-state index is 0.314. The van der Waals surface area contributed by atoms with Crippen LogP contribution < -0.4 is 9.47 Å². The summed E-state index contributed by atoms with van der Waals surface area (Å²) in [5, 5.41) is 2.08. The van der Waals surface area contributed by atoms with Gasteiger partial charge in [-0.05, 0) is 36.6 Å². The van der Waals surface area contributed by atoms with Gasteiger partial charge in [-0.2, -0.15) is 0 Å². The van der Waals surface area contributed by atoms with Crippen molar-refractivity contribution in [2.24, 2.45) is 5.92 Å². The molecule has 6 nitrogen and oxygen atoms in total. The third-order valence-corrected chi connectivity index (χ3v) is 5.34. The van der Waals surface area contributed by atoms with Crippen molar-refractivity contribution in [2.45, 2.75) is 39.5 Å². The highest BCUT2D eigenvalue weighted by molar-refractivity contribution is 6.26. The topological polar surface area (TPSA) is 65.1 Å². The van der Waals surface area contributed by atoms with Crippen molar-refractivity contribution in [3.05, 3.63) is 35.4 Å². The van der Waals surface area contributed by atoms with Gasteiger partial charge in [0.2, 0.25) is 0 Å². The molecular formula is C22H27NO5. The first-order valence-corrected chi connectivity index (χ1v) is 9.76. The number of benzene rings is 2. The van der Waals surface area contributed by atoms with Gasteiger partial charge in [0, 0.05) is 5.39 Å². The van der Waals surface area contributed by atoms with E-state index in [1.165, 1.54) is 0 Å². The predicted octanol–water partition coefficient (Wildman–Crippen LogP) is 4.60. The number of hydrogen-bond donors (Lipinski definition) is 0. The lowest BCUT2D eigenvalue weighted by Crippen LogP contribution is -2.41. The van der Waals surface area contributed by atoms with E-state index in [1.807, 2.05) is 0 Å². The summed E-state index contributed by atoms with van der Waals surface area (Å²) in [6, 6.07) is 6.77. The first-order chi connectivity index (χ1) is 13.6. The Morgan fingerprint density at radius 2 is 1.46 bits per heavy atom. The number of ether oxygens (including phenoxy) is 2. The van der Waals surface area contributed by atoms with Crippen molar-refractivity contribution in [1.29, 1.82) is 0 Å². The van der Waals surface area contributed by atoms with Crippen LogP contribution in [0.3, 0.4) is 0 Å². The standard InChI is InChI=1S/C22H27NO5/c1-5-7-8-14(6-2)13-28-23-21(24)15-9-11-17(26-3)20-18(27-4)12-10-16(19(15)20)22(23)25/h9-12,14H,5-8,13H2,1-4H3. The molecule has 0 saturated heterocycles. The second kappa shape index (κ2) is 8.61. The van der Waals surface area contributed by atoms with E-state index in [4.69, 9.17) is 14.3 Å². The van der Waals surface area contributed by atoms with Crippen molar-refractivity contribution in [3.63, 3.8) is 0 Å². The average Bonchev–Trinajstić information content (AvgIpc) is 2.73. The van der Waals surface area contributed by atoms with Gasteiger partial charge in [-0.15, -0.1) is 5.06 Å². The van der Waals surface area contributed by atoms with Gasteiger partial charge >= 0.3 is 0 Å². The molecule has 1 heterocycles. The van der Waals surface area contributed by atoms with E-state index in [9.17, 15) is 9.59 Å². The van der Waals surface area contributed by atoms with E-state index in [0.717, 1.165) is 30.7 Å². The van der Waals surface area contributed by atoms with E-state index >= 15 is 0 Å². The van der Waals surface area contributed by atoms with Crippen LogP contribution in [-0.2, 0) is 4.84 Å². The molecule has 150 valence electrons. The molecule has 0 radical (unpaired) electrons. The molecular weight excluding hydrogens is 358 g/mol. The fraction of sp³-hybridized carbons (Fsp3) is 0.455. The minimum atomic E-state index is -0.455. The molecule has 0 aliphatic carbocycles. The number of methoxy groups -OCH3 is 2. The van der Waals surface area contributed by atoms with Crippen LogP contribution in [0.2, 0.25) is 0 Å². The Balaban J connectivity index is 1.98. The zero-order valence-electron chi connectivity index (χ0n) is 16.9. The maximum absolute atomic E-state index is 13.0. The van der Waals surface area contributed by atoms with E-state index in [-0.39, 0.29) is 0 Å². The normalized spacial score (nSPS) is 14.5. The number of rotatable bonds is 9. The molecule has 0 bridgehead atoms. The van der Waals surface area contributed by atoms with Gasteiger partial charge in [-0.3, -0.25) is 14.4 Å². The minimum Gasteiger partial charge on any atom is -0.496 e. The Hall–Kier alpha value is -2.60.